The molecule has 1 aliphatic rings. The van der Waals surface area contributed by atoms with Crippen molar-refractivity contribution in [1.29, 1.82) is 0 Å². The highest BCUT2D eigenvalue weighted by Gasteiger charge is 2.30. The van der Waals surface area contributed by atoms with Gasteiger partial charge < -0.3 is 4.42 Å². The Hall–Kier alpha value is -1.29. The Morgan fingerprint density at radius 1 is 1.20 bits per heavy atom. The summed E-state index contributed by atoms with van der Waals surface area (Å²) in [5, 5.41) is 8.11. The molecule has 1 aliphatic heterocycles. The summed E-state index contributed by atoms with van der Waals surface area (Å²) in [6, 6.07) is 3.62. The van der Waals surface area contributed by atoms with Crippen molar-refractivity contribution in [3.05, 3.63) is 28.8 Å². The monoisotopic (exact) mass is 384 g/mol. The number of thiophene rings is 1. The Bertz CT molecular complexity index is 805. The third kappa shape index (κ3) is 4.11. The lowest BCUT2D eigenvalue weighted by Gasteiger charge is -2.32. The van der Waals surface area contributed by atoms with E-state index in [0.717, 1.165) is 11.3 Å². The van der Waals surface area contributed by atoms with Gasteiger partial charge in [-0.05, 0) is 18.6 Å². The van der Waals surface area contributed by atoms with Gasteiger partial charge >= 0.3 is 0 Å². The van der Waals surface area contributed by atoms with Crippen LogP contribution in [0.5, 0.6) is 0 Å². The van der Waals surface area contributed by atoms with E-state index in [1.165, 1.54) is 11.3 Å². The van der Waals surface area contributed by atoms with E-state index in [-0.39, 0.29) is 5.92 Å². The fourth-order valence-electron chi connectivity index (χ4n) is 2.70. The molecule has 0 atom stereocenters. The van der Waals surface area contributed by atoms with Gasteiger partial charge in [-0.3, -0.25) is 4.90 Å². The lowest BCUT2D eigenvalue weighted by Crippen LogP contribution is -2.48. The molecule has 0 radical (unpaired) electrons. The largest absolute Gasteiger partial charge is 0.424 e. The lowest BCUT2D eigenvalue weighted by molar-refractivity contribution is 0.167. The zero-order valence-electron chi connectivity index (χ0n) is 14.8. The average molecular weight is 385 g/mol. The summed E-state index contributed by atoms with van der Waals surface area (Å²) in [6.45, 7) is 8.88. The zero-order chi connectivity index (χ0) is 18.0. The molecule has 2 aromatic heterocycles. The maximum absolute atomic E-state index is 12.7. The van der Waals surface area contributed by atoms with Crippen molar-refractivity contribution >= 4 is 21.4 Å². The molecule has 0 spiro atoms. The second-order valence-electron chi connectivity index (χ2n) is 6.44. The minimum absolute atomic E-state index is 0.210. The van der Waals surface area contributed by atoms with E-state index in [0.29, 0.717) is 48.7 Å². The molecule has 25 heavy (non-hydrogen) atoms. The number of aromatic nitrogens is 2. The van der Waals surface area contributed by atoms with Gasteiger partial charge in [0.2, 0.25) is 11.8 Å². The van der Waals surface area contributed by atoms with Gasteiger partial charge in [0.05, 0.1) is 6.54 Å². The second kappa shape index (κ2) is 7.53. The van der Waals surface area contributed by atoms with E-state index in [1.54, 1.807) is 10.4 Å². The summed E-state index contributed by atoms with van der Waals surface area (Å²) < 4.78 is 33.1. The number of hydrogen-bond donors (Lipinski definition) is 0. The number of piperazine rings is 1. The Labute approximate surface area is 152 Å². The van der Waals surface area contributed by atoms with Crippen molar-refractivity contribution < 1.29 is 12.8 Å². The van der Waals surface area contributed by atoms with Crippen LogP contribution in [0.3, 0.4) is 0 Å². The molecule has 0 saturated carbocycles. The summed E-state index contributed by atoms with van der Waals surface area (Å²) in [6.07, 6.45) is 0.858. The maximum atomic E-state index is 12.7. The van der Waals surface area contributed by atoms with Crippen molar-refractivity contribution in [3.63, 3.8) is 0 Å². The SMILES string of the molecule is CCc1ccc(S(=O)(=O)N2CCN(Cc3nnc(C(C)C)o3)CC2)s1. The summed E-state index contributed by atoms with van der Waals surface area (Å²) in [4.78, 5) is 3.24. The Balaban J connectivity index is 1.59. The van der Waals surface area contributed by atoms with Crippen LogP contribution in [-0.4, -0.2) is 54.0 Å². The quantitative estimate of drug-likeness (QED) is 0.760. The first kappa shape index (κ1) is 18.5. The summed E-state index contributed by atoms with van der Waals surface area (Å²) in [7, 11) is -3.38. The van der Waals surface area contributed by atoms with E-state index >= 15 is 0 Å². The molecular formula is C16H24N4O3S2. The molecule has 0 aliphatic carbocycles. The predicted octanol–water partition coefficient (Wildman–Crippen LogP) is 2.32. The van der Waals surface area contributed by atoms with Crippen molar-refractivity contribution in [2.75, 3.05) is 26.2 Å². The van der Waals surface area contributed by atoms with Crippen LogP contribution in [0, 0.1) is 0 Å². The van der Waals surface area contributed by atoms with Crippen LogP contribution >= 0.6 is 11.3 Å². The van der Waals surface area contributed by atoms with Crippen molar-refractivity contribution in [2.45, 2.75) is 43.9 Å². The van der Waals surface area contributed by atoms with Gasteiger partial charge in [0.15, 0.2) is 0 Å². The standard InChI is InChI=1S/C16H24N4O3S2/c1-4-13-5-6-15(24-13)25(21,22)20-9-7-19(8-10-20)11-14-17-18-16(23-14)12(2)3/h5-6,12H,4,7-11H2,1-3H3. The van der Waals surface area contributed by atoms with Crippen molar-refractivity contribution in [2.24, 2.45) is 0 Å². The van der Waals surface area contributed by atoms with Crippen LogP contribution in [0.2, 0.25) is 0 Å². The van der Waals surface area contributed by atoms with Gasteiger partial charge in [0, 0.05) is 37.0 Å². The van der Waals surface area contributed by atoms with Crippen LogP contribution in [0.1, 0.15) is 43.3 Å². The third-order valence-electron chi connectivity index (χ3n) is 4.25. The first-order chi connectivity index (χ1) is 11.9. The van der Waals surface area contributed by atoms with E-state index in [4.69, 9.17) is 4.42 Å². The highest BCUT2D eigenvalue weighted by molar-refractivity contribution is 7.91. The Kier molecular flexibility index (Phi) is 5.57. The van der Waals surface area contributed by atoms with Crippen LogP contribution in [0.15, 0.2) is 20.8 Å². The van der Waals surface area contributed by atoms with Crippen molar-refractivity contribution in [3.8, 4) is 0 Å². The summed E-state index contributed by atoms with van der Waals surface area (Å²) in [5.74, 6) is 1.44. The molecule has 3 heterocycles. The molecule has 0 unspecified atom stereocenters. The van der Waals surface area contributed by atoms with Gasteiger partial charge in [0.25, 0.3) is 10.0 Å². The van der Waals surface area contributed by atoms with E-state index in [1.807, 2.05) is 26.8 Å². The minimum atomic E-state index is -3.38. The smallest absolute Gasteiger partial charge is 0.252 e. The number of rotatable bonds is 6. The first-order valence-electron chi connectivity index (χ1n) is 8.53. The van der Waals surface area contributed by atoms with Gasteiger partial charge in [-0.2, -0.15) is 4.31 Å². The molecular weight excluding hydrogens is 360 g/mol. The molecule has 1 saturated heterocycles. The zero-order valence-corrected chi connectivity index (χ0v) is 16.4. The molecule has 7 nitrogen and oxygen atoms in total. The van der Waals surface area contributed by atoms with Crippen LogP contribution in [-0.2, 0) is 23.0 Å². The van der Waals surface area contributed by atoms with E-state index in [9.17, 15) is 8.42 Å². The number of nitrogens with zero attached hydrogens (tertiary/aromatic N) is 4. The first-order valence-corrected chi connectivity index (χ1v) is 10.8. The van der Waals surface area contributed by atoms with Gasteiger partial charge in [-0.1, -0.05) is 20.8 Å². The normalized spacial score (nSPS) is 17.4. The van der Waals surface area contributed by atoms with Gasteiger partial charge in [-0.25, -0.2) is 8.42 Å². The molecule has 2 aromatic rings. The Morgan fingerprint density at radius 3 is 2.48 bits per heavy atom. The molecule has 9 heteroatoms. The molecule has 0 bridgehead atoms. The van der Waals surface area contributed by atoms with E-state index < -0.39 is 10.0 Å². The number of sulfonamides is 1. The highest BCUT2D eigenvalue weighted by Crippen LogP contribution is 2.26. The maximum Gasteiger partial charge on any atom is 0.252 e. The molecule has 0 amide bonds. The average Bonchev–Trinajstić information content (AvgIpc) is 3.25. The lowest BCUT2D eigenvalue weighted by atomic mass is 10.2. The molecule has 1 fully saturated rings. The topological polar surface area (TPSA) is 79.5 Å². The second-order valence-corrected chi connectivity index (χ2v) is 9.78. The molecule has 3 rings (SSSR count). The molecule has 0 aromatic carbocycles. The number of hydrogen-bond acceptors (Lipinski definition) is 7. The fourth-order valence-corrected chi connectivity index (χ4v) is 5.57. The highest BCUT2D eigenvalue weighted by atomic mass is 32.2. The fraction of sp³-hybridized carbons (Fsp3) is 0.625. The van der Waals surface area contributed by atoms with Crippen molar-refractivity contribution in [1.82, 2.24) is 19.4 Å². The van der Waals surface area contributed by atoms with Gasteiger partial charge in [0.1, 0.15) is 4.21 Å². The minimum Gasteiger partial charge on any atom is -0.424 e. The summed E-state index contributed by atoms with van der Waals surface area (Å²) >= 11 is 1.37. The van der Waals surface area contributed by atoms with Gasteiger partial charge in [-0.15, -0.1) is 21.5 Å². The molecule has 0 N–H and O–H groups in total. The summed E-state index contributed by atoms with van der Waals surface area (Å²) in [5.41, 5.74) is 0. The Morgan fingerprint density at radius 2 is 1.92 bits per heavy atom. The number of aryl methyl sites for hydroxylation is 1. The predicted molar refractivity (Wildman–Crippen MR) is 96.1 cm³/mol. The van der Waals surface area contributed by atoms with E-state index in [2.05, 4.69) is 15.1 Å². The third-order valence-corrected chi connectivity index (χ3v) is 7.84. The van der Waals surface area contributed by atoms with Crippen LogP contribution in [0.4, 0.5) is 0 Å². The van der Waals surface area contributed by atoms with Crippen LogP contribution in [0.25, 0.3) is 0 Å². The van der Waals surface area contributed by atoms with Crippen LogP contribution < -0.4 is 0 Å². The molecule has 138 valence electrons.